The molecule has 1 aromatic rings. The van der Waals surface area contributed by atoms with E-state index in [0.29, 0.717) is 39.0 Å². The van der Waals surface area contributed by atoms with Gasteiger partial charge < -0.3 is 19.4 Å². The smallest absolute Gasteiger partial charge is 0.223 e. The Bertz CT molecular complexity index is 593. The molecule has 1 fully saturated rings. The fraction of sp³-hybridized carbons (Fsp3) is 0.600. The summed E-state index contributed by atoms with van der Waals surface area (Å²) in [6.07, 6.45) is 1.02. The molecule has 1 unspecified atom stereocenters. The molecule has 0 N–H and O–H groups in total. The molecule has 2 amide bonds. The van der Waals surface area contributed by atoms with Crippen molar-refractivity contribution in [2.24, 2.45) is 0 Å². The summed E-state index contributed by atoms with van der Waals surface area (Å²) in [5.74, 6) is 1.32. The first-order chi connectivity index (χ1) is 12.4. The summed E-state index contributed by atoms with van der Waals surface area (Å²) in [5, 5.41) is 0. The number of nitrogens with zero attached hydrogens (tertiary/aromatic N) is 3. The van der Waals surface area contributed by atoms with Crippen molar-refractivity contribution in [3.8, 4) is 5.75 Å². The van der Waals surface area contributed by atoms with Gasteiger partial charge in [-0.2, -0.15) is 0 Å². The Morgan fingerprint density at radius 1 is 1.04 bits per heavy atom. The summed E-state index contributed by atoms with van der Waals surface area (Å²) in [6, 6.07) is 7.87. The van der Waals surface area contributed by atoms with Gasteiger partial charge in [0.1, 0.15) is 5.75 Å². The van der Waals surface area contributed by atoms with Crippen LogP contribution in [0.3, 0.4) is 0 Å². The molecular weight excluding hydrogens is 330 g/mol. The zero-order valence-corrected chi connectivity index (χ0v) is 16.4. The van der Waals surface area contributed by atoms with Crippen molar-refractivity contribution in [3.63, 3.8) is 0 Å². The fourth-order valence-corrected chi connectivity index (χ4v) is 3.12. The Kier molecular flexibility index (Phi) is 7.45. The largest absolute Gasteiger partial charge is 0.497 e. The number of benzene rings is 1. The van der Waals surface area contributed by atoms with Gasteiger partial charge in [0.05, 0.1) is 7.11 Å². The third kappa shape index (κ3) is 5.73. The van der Waals surface area contributed by atoms with Crippen LogP contribution in [-0.4, -0.2) is 80.4 Å². The van der Waals surface area contributed by atoms with Crippen molar-refractivity contribution in [1.29, 1.82) is 0 Å². The predicted molar refractivity (Wildman–Crippen MR) is 102 cm³/mol. The number of rotatable bonds is 7. The molecule has 2 rings (SSSR count). The number of ether oxygens (including phenoxy) is 1. The van der Waals surface area contributed by atoms with Crippen LogP contribution in [0.25, 0.3) is 0 Å². The first kappa shape index (κ1) is 20.2. The first-order valence-corrected chi connectivity index (χ1v) is 9.25. The molecule has 1 saturated heterocycles. The van der Waals surface area contributed by atoms with E-state index in [9.17, 15) is 9.59 Å². The van der Waals surface area contributed by atoms with Crippen LogP contribution in [-0.2, 0) is 9.59 Å². The molecule has 0 radical (unpaired) electrons. The molecule has 0 aromatic heterocycles. The van der Waals surface area contributed by atoms with Gasteiger partial charge >= 0.3 is 0 Å². The van der Waals surface area contributed by atoms with Crippen molar-refractivity contribution in [2.75, 3.05) is 53.9 Å². The van der Waals surface area contributed by atoms with E-state index >= 15 is 0 Å². The third-order valence-corrected chi connectivity index (χ3v) is 4.92. The molecule has 0 aliphatic carbocycles. The van der Waals surface area contributed by atoms with E-state index in [-0.39, 0.29) is 17.7 Å². The molecule has 0 bridgehead atoms. The lowest BCUT2D eigenvalue weighted by Gasteiger charge is -2.35. The van der Waals surface area contributed by atoms with Gasteiger partial charge in [0.25, 0.3) is 0 Å². The summed E-state index contributed by atoms with van der Waals surface area (Å²) in [4.78, 5) is 30.5. The monoisotopic (exact) mass is 361 g/mol. The highest BCUT2D eigenvalue weighted by Gasteiger charge is 2.25. The van der Waals surface area contributed by atoms with E-state index in [4.69, 9.17) is 4.74 Å². The Balaban J connectivity index is 1.79. The summed E-state index contributed by atoms with van der Waals surface area (Å²) in [5.41, 5.74) is 1.14. The van der Waals surface area contributed by atoms with Crippen molar-refractivity contribution in [3.05, 3.63) is 29.8 Å². The summed E-state index contributed by atoms with van der Waals surface area (Å²) >= 11 is 0. The Morgan fingerprint density at radius 3 is 2.08 bits per heavy atom. The molecule has 0 spiro atoms. The summed E-state index contributed by atoms with van der Waals surface area (Å²) in [7, 11) is 5.58. The van der Waals surface area contributed by atoms with E-state index in [1.165, 1.54) is 0 Å². The van der Waals surface area contributed by atoms with Crippen LogP contribution in [0.15, 0.2) is 24.3 Å². The van der Waals surface area contributed by atoms with Crippen LogP contribution in [0, 0.1) is 0 Å². The number of hydrogen-bond donors (Lipinski definition) is 0. The number of hydrogen-bond acceptors (Lipinski definition) is 4. The minimum absolute atomic E-state index is 0.160. The lowest BCUT2D eigenvalue weighted by molar-refractivity contribution is -0.139. The summed E-state index contributed by atoms with van der Waals surface area (Å²) in [6.45, 7) is 5.35. The second-order valence-corrected chi connectivity index (χ2v) is 7.19. The fourth-order valence-electron chi connectivity index (χ4n) is 3.12. The number of carbonyl (C=O) groups is 2. The Morgan fingerprint density at radius 2 is 1.58 bits per heavy atom. The highest BCUT2D eigenvalue weighted by atomic mass is 16.5. The van der Waals surface area contributed by atoms with E-state index in [2.05, 4.69) is 6.92 Å². The lowest BCUT2D eigenvalue weighted by Crippen LogP contribution is -2.51. The Labute approximate surface area is 156 Å². The molecule has 6 heteroatoms. The van der Waals surface area contributed by atoms with Gasteiger partial charge in [-0.15, -0.1) is 0 Å². The highest BCUT2D eigenvalue weighted by Crippen LogP contribution is 2.23. The SMILES string of the molecule is COc1ccc(C(C)CC(=O)N2CCN(C(=O)CCN(C)C)CC2)cc1. The lowest BCUT2D eigenvalue weighted by atomic mass is 9.97. The van der Waals surface area contributed by atoms with Gasteiger partial charge in [-0.1, -0.05) is 19.1 Å². The minimum atomic E-state index is 0.160. The van der Waals surface area contributed by atoms with Crippen LogP contribution in [0.4, 0.5) is 0 Å². The number of piperazine rings is 1. The van der Waals surface area contributed by atoms with Crippen LogP contribution < -0.4 is 4.74 Å². The Hall–Kier alpha value is -2.08. The van der Waals surface area contributed by atoms with E-state index in [0.717, 1.165) is 17.9 Å². The van der Waals surface area contributed by atoms with Gasteiger partial charge in [-0.25, -0.2) is 0 Å². The molecule has 26 heavy (non-hydrogen) atoms. The van der Waals surface area contributed by atoms with E-state index in [1.807, 2.05) is 53.1 Å². The van der Waals surface area contributed by atoms with Gasteiger partial charge in [-0.05, 0) is 37.7 Å². The molecule has 1 heterocycles. The maximum absolute atomic E-state index is 12.6. The highest BCUT2D eigenvalue weighted by molar-refractivity contribution is 5.79. The topological polar surface area (TPSA) is 53.1 Å². The van der Waals surface area contributed by atoms with Gasteiger partial charge in [0, 0.05) is 45.6 Å². The number of amides is 2. The molecule has 1 aliphatic rings. The summed E-state index contributed by atoms with van der Waals surface area (Å²) < 4.78 is 5.17. The first-order valence-electron chi connectivity index (χ1n) is 9.25. The molecule has 1 aromatic carbocycles. The van der Waals surface area contributed by atoms with Gasteiger partial charge in [0.2, 0.25) is 11.8 Å². The zero-order chi connectivity index (χ0) is 19.1. The molecular formula is C20H31N3O3. The maximum atomic E-state index is 12.6. The van der Waals surface area contributed by atoms with Crippen molar-refractivity contribution >= 4 is 11.8 Å². The standard InChI is InChI=1S/C20H31N3O3/c1-16(17-5-7-18(26-4)8-6-17)15-20(25)23-13-11-22(12-14-23)19(24)9-10-21(2)3/h5-8,16H,9-15H2,1-4H3. The predicted octanol–water partition coefficient (Wildman–Crippen LogP) is 1.81. The van der Waals surface area contributed by atoms with Crippen LogP contribution in [0.5, 0.6) is 5.75 Å². The van der Waals surface area contributed by atoms with Crippen LogP contribution in [0.2, 0.25) is 0 Å². The third-order valence-electron chi connectivity index (χ3n) is 4.92. The van der Waals surface area contributed by atoms with Crippen LogP contribution in [0.1, 0.15) is 31.2 Å². The average molecular weight is 361 g/mol. The second-order valence-electron chi connectivity index (χ2n) is 7.19. The van der Waals surface area contributed by atoms with Crippen molar-refractivity contribution in [2.45, 2.75) is 25.7 Å². The van der Waals surface area contributed by atoms with Crippen molar-refractivity contribution < 1.29 is 14.3 Å². The van der Waals surface area contributed by atoms with Gasteiger partial charge in [0.15, 0.2) is 0 Å². The number of carbonyl (C=O) groups excluding carboxylic acids is 2. The normalized spacial score (nSPS) is 15.9. The zero-order valence-electron chi connectivity index (χ0n) is 16.4. The van der Waals surface area contributed by atoms with E-state index in [1.54, 1.807) is 7.11 Å². The van der Waals surface area contributed by atoms with E-state index < -0.39 is 0 Å². The molecule has 6 nitrogen and oxygen atoms in total. The molecule has 1 atom stereocenters. The van der Waals surface area contributed by atoms with Crippen LogP contribution >= 0.6 is 0 Å². The molecule has 1 aliphatic heterocycles. The second kappa shape index (κ2) is 9.57. The molecule has 144 valence electrons. The molecule has 0 saturated carbocycles. The quantitative estimate of drug-likeness (QED) is 0.743. The maximum Gasteiger partial charge on any atom is 0.223 e. The van der Waals surface area contributed by atoms with Crippen molar-refractivity contribution in [1.82, 2.24) is 14.7 Å². The minimum Gasteiger partial charge on any atom is -0.497 e. The number of methoxy groups -OCH3 is 1. The van der Waals surface area contributed by atoms with Gasteiger partial charge in [-0.3, -0.25) is 9.59 Å². The average Bonchev–Trinajstić information content (AvgIpc) is 2.66.